The van der Waals surface area contributed by atoms with E-state index in [2.05, 4.69) is 15.5 Å². The van der Waals surface area contributed by atoms with Crippen molar-refractivity contribution in [1.82, 2.24) is 10.0 Å². The van der Waals surface area contributed by atoms with Crippen LogP contribution in [0.25, 0.3) is 0 Å². The molecule has 0 aromatic heterocycles. The van der Waals surface area contributed by atoms with Gasteiger partial charge in [0.25, 0.3) is 0 Å². The molecule has 1 aromatic rings. The van der Waals surface area contributed by atoms with Gasteiger partial charge in [-0.2, -0.15) is 0 Å². The number of carbonyl (C=O) groups excluding carboxylic acids is 1. The van der Waals surface area contributed by atoms with Gasteiger partial charge in [0.1, 0.15) is 5.69 Å². The van der Waals surface area contributed by atoms with Crippen LogP contribution in [0.4, 0.5) is 11.4 Å². The summed E-state index contributed by atoms with van der Waals surface area (Å²) in [5.41, 5.74) is 1.31. The molecule has 5 N–H and O–H groups in total. The average molecular weight is 317 g/mol. The van der Waals surface area contributed by atoms with E-state index in [9.17, 15) is 23.3 Å². The zero-order chi connectivity index (χ0) is 16.0. The van der Waals surface area contributed by atoms with Gasteiger partial charge >= 0.3 is 5.69 Å². The fraction of sp³-hybridized carbons (Fsp3) is 0.300. The Morgan fingerprint density at radius 3 is 2.57 bits per heavy atom. The highest BCUT2D eigenvalue weighted by Crippen LogP contribution is 2.30. The first kappa shape index (κ1) is 16.8. The minimum atomic E-state index is -4.11. The lowest BCUT2D eigenvalue weighted by atomic mass is 10.3. The monoisotopic (exact) mass is 317 g/mol. The second-order valence-corrected chi connectivity index (χ2v) is 5.67. The van der Waals surface area contributed by atoms with E-state index in [1.807, 2.05) is 0 Å². The van der Waals surface area contributed by atoms with Crippen LogP contribution >= 0.6 is 0 Å². The molecule has 10 nitrogen and oxygen atoms in total. The Hall–Kier alpha value is -2.24. The summed E-state index contributed by atoms with van der Waals surface area (Å²) in [4.78, 5) is 20.3. The van der Waals surface area contributed by atoms with Crippen LogP contribution in [0.5, 0.6) is 0 Å². The lowest BCUT2D eigenvalue weighted by molar-refractivity contribution is -0.386. The van der Waals surface area contributed by atoms with Gasteiger partial charge in [-0.05, 0) is 12.1 Å². The Morgan fingerprint density at radius 1 is 1.38 bits per heavy atom. The van der Waals surface area contributed by atoms with E-state index in [-0.39, 0.29) is 24.7 Å². The van der Waals surface area contributed by atoms with Crippen LogP contribution in [0.3, 0.4) is 0 Å². The number of rotatable bonds is 7. The Kier molecular flexibility index (Phi) is 5.58. The van der Waals surface area contributed by atoms with Crippen LogP contribution in [-0.4, -0.2) is 32.3 Å². The highest BCUT2D eigenvalue weighted by Gasteiger charge is 2.28. The molecule has 1 rings (SSSR count). The van der Waals surface area contributed by atoms with Crippen molar-refractivity contribution in [2.75, 3.05) is 18.5 Å². The standard InChI is InChI=1S/C10H15N5O5S/c1-7(16)12-5-6-13-21(19,20)9-4-2-3-8(14-11)10(9)15(17)18/h2-4,13-14H,5-6,11H2,1H3,(H,12,16). The number of hydrogen-bond donors (Lipinski definition) is 4. The van der Waals surface area contributed by atoms with Crippen LogP contribution in [0.1, 0.15) is 6.92 Å². The Labute approximate surface area is 120 Å². The van der Waals surface area contributed by atoms with E-state index in [0.29, 0.717) is 0 Å². The zero-order valence-electron chi connectivity index (χ0n) is 11.1. The molecule has 0 spiro atoms. The largest absolute Gasteiger partial charge is 0.355 e. The average Bonchev–Trinajstić information content (AvgIpc) is 2.42. The van der Waals surface area contributed by atoms with Crippen LogP contribution in [0.2, 0.25) is 0 Å². The molecule has 0 aliphatic rings. The maximum absolute atomic E-state index is 12.1. The number of hydrazine groups is 1. The van der Waals surface area contributed by atoms with Gasteiger partial charge in [0.05, 0.1) is 4.92 Å². The molecule has 21 heavy (non-hydrogen) atoms. The summed E-state index contributed by atoms with van der Waals surface area (Å²) in [5, 5.41) is 13.4. The molecule has 0 radical (unpaired) electrons. The number of carbonyl (C=O) groups is 1. The van der Waals surface area contributed by atoms with Gasteiger partial charge in [-0.25, -0.2) is 13.1 Å². The molecule has 0 aliphatic heterocycles. The van der Waals surface area contributed by atoms with Crippen molar-refractivity contribution >= 4 is 27.3 Å². The Balaban J connectivity index is 3.03. The first-order chi connectivity index (χ1) is 9.79. The third kappa shape index (κ3) is 4.37. The molecule has 1 aromatic carbocycles. The zero-order valence-corrected chi connectivity index (χ0v) is 11.9. The number of nitrogens with zero attached hydrogens (tertiary/aromatic N) is 1. The van der Waals surface area contributed by atoms with Crippen LogP contribution in [-0.2, 0) is 14.8 Å². The lowest BCUT2D eigenvalue weighted by Crippen LogP contribution is -2.34. The normalized spacial score (nSPS) is 11.0. The van der Waals surface area contributed by atoms with Gasteiger partial charge in [-0.1, -0.05) is 6.07 Å². The van der Waals surface area contributed by atoms with E-state index in [1.54, 1.807) is 0 Å². The third-order valence-corrected chi connectivity index (χ3v) is 3.91. The third-order valence-electron chi connectivity index (χ3n) is 2.42. The summed E-state index contributed by atoms with van der Waals surface area (Å²) >= 11 is 0. The number of anilines is 1. The van der Waals surface area contributed by atoms with E-state index < -0.39 is 25.5 Å². The van der Waals surface area contributed by atoms with Crippen molar-refractivity contribution in [1.29, 1.82) is 0 Å². The van der Waals surface area contributed by atoms with Gasteiger partial charge in [0, 0.05) is 20.0 Å². The maximum Gasteiger partial charge on any atom is 0.313 e. The summed E-state index contributed by atoms with van der Waals surface area (Å²) in [6, 6.07) is 3.71. The number of para-hydroxylation sites is 1. The second-order valence-electron chi connectivity index (χ2n) is 3.93. The number of hydrogen-bond acceptors (Lipinski definition) is 7. The van der Waals surface area contributed by atoms with Crippen molar-refractivity contribution < 1.29 is 18.1 Å². The van der Waals surface area contributed by atoms with Crippen molar-refractivity contribution in [2.45, 2.75) is 11.8 Å². The molecule has 0 atom stereocenters. The van der Waals surface area contributed by atoms with Gasteiger partial charge in [0.2, 0.25) is 15.9 Å². The van der Waals surface area contributed by atoms with Crippen molar-refractivity contribution in [2.24, 2.45) is 5.84 Å². The fourth-order valence-corrected chi connectivity index (χ4v) is 2.77. The highest BCUT2D eigenvalue weighted by molar-refractivity contribution is 7.89. The molecule has 0 fully saturated rings. The number of nitro groups is 1. The second kappa shape index (κ2) is 6.97. The molecule has 0 heterocycles. The lowest BCUT2D eigenvalue weighted by Gasteiger charge is -2.09. The molecule has 116 valence electrons. The number of sulfonamides is 1. The minimum Gasteiger partial charge on any atom is -0.355 e. The molecule has 0 saturated carbocycles. The first-order valence-corrected chi connectivity index (χ1v) is 7.26. The summed E-state index contributed by atoms with van der Waals surface area (Å²) in [5.74, 6) is 4.83. The van der Waals surface area contributed by atoms with Crippen molar-refractivity contribution in [3.8, 4) is 0 Å². The van der Waals surface area contributed by atoms with E-state index in [4.69, 9.17) is 5.84 Å². The summed E-state index contributed by atoms with van der Waals surface area (Å²) in [6.45, 7) is 1.26. The molecule has 0 unspecified atom stereocenters. The number of benzene rings is 1. The highest BCUT2D eigenvalue weighted by atomic mass is 32.2. The Morgan fingerprint density at radius 2 is 2.05 bits per heavy atom. The van der Waals surface area contributed by atoms with Gasteiger partial charge in [0.15, 0.2) is 4.90 Å². The summed E-state index contributed by atoms with van der Waals surface area (Å²) in [6.07, 6.45) is 0. The number of nitro benzene ring substituents is 1. The minimum absolute atomic E-state index is 0.0667. The molecule has 0 saturated heterocycles. The summed E-state index contributed by atoms with van der Waals surface area (Å²) < 4.78 is 26.3. The van der Waals surface area contributed by atoms with E-state index in [1.165, 1.54) is 19.1 Å². The predicted molar refractivity (Wildman–Crippen MR) is 74.8 cm³/mol. The number of nitrogens with one attached hydrogen (secondary N) is 3. The van der Waals surface area contributed by atoms with E-state index in [0.717, 1.165) is 6.07 Å². The van der Waals surface area contributed by atoms with E-state index >= 15 is 0 Å². The maximum atomic E-state index is 12.1. The predicted octanol–water partition coefficient (Wildman–Crippen LogP) is -0.705. The van der Waals surface area contributed by atoms with Gasteiger partial charge in [-0.3, -0.25) is 20.8 Å². The topological polar surface area (TPSA) is 156 Å². The molecular weight excluding hydrogens is 302 g/mol. The van der Waals surface area contributed by atoms with Crippen molar-refractivity contribution in [3.63, 3.8) is 0 Å². The summed E-state index contributed by atoms with van der Waals surface area (Å²) in [7, 11) is -4.11. The smallest absolute Gasteiger partial charge is 0.313 e. The number of amides is 1. The quantitative estimate of drug-likeness (QED) is 0.224. The van der Waals surface area contributed by atoms with Crippen LogP contribution < -0.4 is 21.3 Å². The molecule has 0 bridgehead atoms. The fourth-order valence-electron chi connectivity index (χ4n) is 1.55. The van der Waals surface area contributed by atoms with Crippen molar-refractivity contribution in [3.05, 3.63) is 28.3 Å². The molecule has 1 amide bonds. The Bertz CT molecular complexity index is 645. The van der Waals surface area contributed by atoms with Crippen LogP contribution in [0, 0.1) is 10.1 Å². The molecule has 0 aliphatic carbocycles. The molecular formula is C10H15N5O5S. The van der Waals surface area contributed by atoms with Gasteiger partial charge in [-0.15, -0.1) is 0 Å². The molecule has 11 heteroatoms. The number of nitrogens with two attached hydrogens (primary N) is 1. The number of nitrogen functional groups attached to an aromatic ring is 1. The SMILES string of the molecule is CC(=O)NCCNS(=O)(=O)c1cccc(NN)c1[N+](=O)[O-]. The first-order valence-electron chi connectivity index (χ1n) is 5.77. The van der Waals surface area contributed by atoms with Crippen LogP contribution in [0.15, 0.2) is 23.1 Å². The van der Waals surface area contributed by atoms with Gasteiger partial charge < -0.3 is 10.7 Å².